The number of aromatic nitrogens is 5. The molecule has 4 aromatic rings. The second-order valence-corrected chi connectivity index (χ2v) is 8.12. The Morgan fingerprint density at radius 2 is 2.03 bits per heavy atom. The predicted molar refractivity (Wildman–Crippen MR) is 124 cm³/mol. The van der Waals surface area contributed by atoms with Crippen molar-refractivity contribution in [2.75, 3.05) is 18.4 Å². The number of nitrogens with zero attached hydrogens (tertiary/aromatic N) is 6. The molecule has 1 aliphatic heterocycles. The van der Waals surface area contributed by atoms with Gasteiger partial charge >= 0.3 is 0 Å². The monoisotopic (exact) mass is 459 g/mol. The number of aryl methyl sites for hydroxylation is 2. The molecule has 8 nitrogen and oxygen atoms in total. The number of rotatable bonds is 5. The first-order valence-corrected chi connectivity index (χ1v) is 10.1. The molecular formula is C21H23Cl2N7O. The summed E-state index contributed by atoms with van der Waals surface area (Å²) in [6.45, 7) is 4.18. The third-order valence-corrected chi connectivity index (χ3v) is 5.71. The zero-order chi connectivity index (χ0) is 20.8. The molecule has 0 aliphatic carbocycles. The van der Waals surface area contributed by atoms with E-state index in [1.54, 1.807) is 10.9 Å². The van der Waals surface area contributed by atoms with Crippen molar-refractivity contribution in [3.63, 3.8) is 0 Å². The zero-order valence-electron chi connectivity index (χ0n) is 17.2. The second kappa shape index (κ2) is 8.47. The van der Waals surface area contributed by atoms with Crippen molar-refractivity contribution in [2.45, 2.75) is 19.6 Å². The summed E-state index contributed by atoms with van der Waals surface area (Å²) >= 11 is 6.33. The number of likely N-dealkylation sites (tertiary alicyclic amines) is 1. The van der Waals surface area contributed by atoms with Crippen LogP contribution in [-0.2, 0) is 13.6 Å². The summed E-state index contributed by atoms with van der Waals surface area (Å²) in [5, 5.41) is 19.0. The molecular weight excluding hydrogens is 437 g/mol. The van der Waals surface area contributed by atoms with E-state index in [0.29, 0.717) is 29.9 Å². The molecule has 0 bridgehead atoms. The Bertz CT molecular complexity index is 1230. The van der Waals surface area contributed by atoms with Crippen molar-refractivity contribution in [1.29, 1.82) is 0 Å². The van der Waals surface area contributed by atoms with Gasteiger partial charge in [-0.1, -0.05) is 11.6 Å². The molecule has 4 heterocycles. The SMILES string of the molecule is Cc1nn(-c2ccnc(Nc3ccc4c(c3)c(Cl)cn4C)n2)cc1CN1CC(O)C1.Cl. The fraction of sp³-hybridized carbons (Fsp3) is 0.286. The minimum Gasteiger partial charge on any atom is -0.390 e. The highest BCUT2D eigenvalue weighted by Gasteiger charge is 2.25. The lowest BCUT2D eigenvalue weighted by atomic mass is 10.1. The smallest absolute Gasteiger partial charge is 0.229 e. The van der Waals surface area contributed by atoms with Crippen molar-refractivity contribution >= 4 is 46.5 Å². The molecule has 1 fully saturated rings. The number of nitrogens with one attached hydrogen (secondary N) is 1. The van der Waals surface area contributed by atoms with Crippen LogP contribution in [0.1, 0.15) is 11.3 Å². The number of β-amino-alcohol motifs (C(OH)–C–C–N with tert-alkyl or cyclic N) is 1. The van der Waals surface area contributed by atoms with Crippen LogP contribution in [0.3, 0.4) is 0 Å². The normalized spacial score (nSPS) is 14.5. The molecule has 1 aliphatic rings. The molecule has 0 spiro atoms. The quantitative estimate of drug-likeness (QED) is 0.475. The van der Waals surface area contributed by atoms with E-state index in [1.807, 2.05) is 55.2 Å². The van der Waals surface area contributed by atoms with Crippen LogP contribution in [-0.4, -0.2) is 53.5 Å². The molecule has 31 heavy (non-hydrogen) atoms. The van der Waals surface area contributed by atoms with Crippen molar-refractivity contribution in [3.8, 4) is 5.82 Å². The summed E-state index contributed by atoms with van der Waals surface area (Å²) in [6, 6.07) is 7.81. The largest absolute Gasteiger partial charge is 0.390 e. The average Bonchev–Trinajstić information content (AvgIpc) is 3.20. The molecule has 0 atom stereocenters. The third kappa shape index (κ3) is 4.24. The summed E-state index contributed by atoms with van der Waals surface area (Å²) in [7, 11) is 1.97. The number of halogens is 2. The molecule has 3 aromatic heterocycles. The summed E-state index contributed by atoms with van der Waals surface area (Å²) in [5.74, 6) is 1.17. The van der Waals surface area contributed by atoms with Gasteiger partial charge in [0.2, 0.25) is 5.95 Å². The van der Waals surface area contributed by atoms with E-state index in [-0.39, 0.29) is 18.5 Å². The Morgan fingerprint density at radius 3 is 2.81 bits per heavy atom. The van der Waals surface area contributed by atoms with Gasteiger partial charge in [0.15, 0.2) is 5.82 Å². The maximum atomic E-state index is 9.48. The highest BCUT2D eigenvalue weighted by atomic mass is 35.5. The molecule has 0 radical (unpaired) electrons. The van der Waals surface area contributed by atoms with Gasteiger partial charge in [-0.3, -0.25) is 4.90 Å². The molecule has 162 valence electrons. The van der Waals surface area contributed by atoms with Gasteiger partial charge < -0.3 is 15.0 Å². The number of benzene rings is 1. The molecule has 0 saturated carbocycles. The van der Waals surface area contributed by atoms with E-state index < -0.39 is 0 Å². The van der Waals surface area contributed by atoms with Gasteiger partial charge in [0.1, 0.15) is 0 Å². The lowest BCUT2D eigenvalue weighted by Crippen LogP contribution is -2.49. The summed E-state index contributed by atoms with van der Waals surface area (Å²) in [5.41, 5.74) is 4.00. The lowest BCUT2D eigenvalue weighted by Gasteiger charge is -2.35. The van der Waals surface area contributed by atoms with Crippen LogP contribution in [0, 0.1) is 6.92 Å². The number of hydrogen-bond acceptors (Lipinski definition) is 6. The number of aliphatic hydroxyl groups excluding tert-OH is 1. The van der Waals surface area contributed by atoms with E-state index in [9.17, 15) is 5.11 Å². The first-order valence-electron chi connectivity index (χ1n) is 9.77. The van der Waals surface area contributed by atoms with Gasteiger partial charge in [0.05, 0.1) is 16.8 Å². The zero-order valence-corrected chi connectivity index (χ0v) is 18.7. The number of hydrogen-bond donors (Lipinski definition) is 2. The summed E-state index contributed by atoms with van der Waals surface area (Å²) in [4.78, 5) is 11.1. The lowest BCUT2D eigenvalue weighted by molar-refractivity contribution is -0.00297. The molecule has 1 saturated heterocycles. The first kappa shape index (κ1) is 21.6. The molecule has 1 aromatic carbocycles. The van der Waals surface area contributed by atoms with E-state index >= 15 is 0 Å². The van der Waals surface area contributed by atoms with Gasteiger partial charge in [-0.15, -0.1) is 12.4 Å². The van der Waals surface area contributed by atoms with E-state index in [4.69, 9.17) is 11.6 Å². The van der Waals surface area contributed by atoms with Gasteiger partial charge in [-0.05, 0) is 25.1 Å². The molecule has 0 unspecified atom stereocenters. The minimum absolute atomic E-state index is 0. The minimum atomic E-state index is -0.208. The Hall–Kier alpha value is -2.65. The first-order chi connectivity index (χ1) is 14.5. The van der Waals surface area contributed by atoms with Crippen molar-refractivity contribution in [1.82, 2.24) is 29.2 Å². The van der Waals surface area contributed by atoms with Crippen LogP contribution in [0.15, 0.2) is 42.9 Å². The van der Waals surface area contributed by atoms with Crippen molar-refractivity contribution in [2.24, 2.45) is 7.05 Å². The summed E-state index contributed by atoms with van der Waals surface area (Å²) in [6.07, 6.45) is 5.38. The molecule has 0 amide bonds. The van der Waals surface area contributed by atoms with Crippen LogP contribution in [0.5, 0.6) is 0 Å². The van der Waals surface area contributed by atoms with Gasteiger partial charge in [0.25, 0.3) is 0 Å². The third-order valence-electron chi connectivity index (χ3n) is 5.41. The van der Waals surface area contributed by atoms with Crippen molar-refractivity contribution < 1.29 is 5.11 Å². The van der Waals surface area contributed by atoms with Crippen LogP contribution in [0.4, 0.5) is 11.6 Å². The Balaban J connectivity index is 0.00000231. The maximum absolute atomic E-state index is 9.48. The predicted octanol–water partition coefficient (Wildman–Crippen LogP) is 3.46. The Kier molecular flexibility index (Phi) is 5.90. The summed E-state index contributed by atoms with van der Waals surface area (Å²) < 4.78 is 3.77. The molecule has 2 N–H and O–H groups in total. The number of fused-ring (bicyclic) bond motifs is 1. The highest BCUT2D eigenvalue weighted by molar-refractivity contribution is 6.35. The van der Waals surface area contributed by atoms with E-state index in [2.05, 4.69) is 25.3 Å². The Morgan fingerprint density at radius 1 is 1.23 bits per heavy atom. The molecule has 10 heteroatoms. The van der Waals surface area contributed by atoms with Crippen molar-refractivity contribution in [3.05, 3.63) is 59.1 Å². The fourth-order valence-electron chi connectivity index (χ4n) is 3.77. The van der Waals surface area contributed by atoms with Gasteiger partial charge in [-0.25, -0.2) is 9.67 Å². The van der Waals surface area contributed by atoms with E-state index in [0.717, 1.165) is 34.4 Å². The van der Waals surface area contributed by atoms with Crippen LogP contribution >= 0.6 is 24.0 Å². The van der Waals surface area contributed by atoms with Gasteiger partial charge in [-0.2, -0.15) is 10.1 Å². The maximum Gasteiger partial charge on any atom is 0.229 e. The topological polar surface area (TPSA) is 84.0 Å². The fourth-order valence-corrected chi connectivity index (χ4v) is 4.07. The molecule has 5 rings (SSSR count). The van der Waals surface area contributed by atoms with Gasteiger partial charge in [0, 0.05) is 73.5 Å². The number of aliphatic hydroxyl groups is 1. The number of anilines is 2. The highest BCUT2D eigenvalue weighted by Crippen LogP contribution is 2.28. The average molecular weight is 460 g/mol. The second-order valence-electron chi connectivity index (χ2n) is 7.72. The standard InChI is InChI=1S/C21H22ClN7O.ClH/c1-13-14(8-28-10-16(30)11-28)9-29(26-13)20-5-6-23-21(25-20)24-15-3-4-19-17(7-15)18(22)12-27(19)2;/h3-7,9,12,16,30H,8,10-11H2,1-2H3,(H,23,24,25);1H. The van der Waals surface area contributed by atoms with E-state index in [1.165, 1.54) is 0 Å². The van der Waals surface area contributed by atoms with Crippen LogP contribution < -0.4 is 5.32 Å². The Labute approximate surface area is 190 Å². The van der Waals surface area contributed by atoms with Crippen LogP contribution in [0.25, 0.3) is 16.7 Å². The van der Waals surface area contributed by atoms with Crippen LogP contribution in [0.2, 0.25) is 5.02 Å².